The first-order chi connectivity index (χ1) is 13.5. The van der Waals surface area contributed by atoms with Crippen molar-refractivity contribution in [2.75, 3.05) is 13.1 Å². The van der Waals surface area contributed by atoms with E-state index in [9.17, 15) is 4.79 Å². The maximum Gasteiger partial charge on any atom is 0.228 e. The lowest BCUT2D eigenvalue weighted by atomic mass is 9.96. The summed E-state index contributed by atoms with van der Waals surface area (Å²) in [5, 5.41) is 0.585. The molecular formula is C22H25ClN4O. The van der Waals surface area contributed by atoms with Gasteiger partial charge in [0.05, 0.1) is 22.5 Å². The Hall–Kier alpha value is -2.40. The molecule has 0 saturated carbocycles. The van der Waals surface area contributed by atoms with Crippen LogP contribution in [-0.2, 0) is 11.2 Å². The highest BCUT2D eigenvalue weighted by molar-refractivity contribution is 6.30. The summed E-state index contributed by atoms with van der Waals surface area (Å²) in [5.41, 5.74) is 2.95. The molecule has 5 nitrogen and oxygen atoms in total. The summed E-state index contributed by atoms with van der Waals surface area (Å²) in [6.07, 6.45) is 3.95. The van der Waals surface area contributed by atoms with Crippen LogP contribution in [0.25, 0.3) is 11.0 Å². The second-order valence-electron chi connectivity index (χ2n) is 7.75. The van der Waals surface area contributed by atoms with E-state index in [-0.39, 0.29) is 11.8 Å². The zero-order chi connectivity index (χ0) is 19.7. The molecule has 2 aromatic heterocycles. The van der Waals surface area contributed by atoms with E-state index < -0.39 is 0 Å². The van der Waals surface area contributed by atoms with Gasteiger partial charge >= 0.3 is 0 Å². The molecule has 1 saturated heterocycles. The van der Waals surface area contributed by atoms with Crippen molar-refractivity contribution < 1.29 is 4.79 Å². The van der Waals surface area contributed by atoms with Crippen molar-refractivity contribution in [3.63, 3.8) is 0 Å². The van der Waals surface area contributed by atoms with Crippen LogP contribution in [0.3, 0.4) is 0 Å². The van der Waals surface area contributed by atoms with Crippen molar-refractivity contribution in [1.82, 2.24) is 19.4 Å². The molecule has 0 bridgehead atoms. The van der Waals surface area contributed by atoms with Gasteiger partial charge in [0.25, 0.3) is 0 Å². The van der Waals surface area contributed by atoms with Crippen LogP contribution >= 0.6 is 11.6 Å². The number of hydrogen-bond donors (Lipinski definition) is 0. The number of likely N-dealkylation sites (tertiary alicyclic amines) is 1. The molecule has 1 aromatic carbocycles. The van der Waals surface area contributed by atoms with E-state index in [1.807, 2.05) is 17.0 Å². The van der Waals surface area contributed by atoms with Gasteiger partial charge in [-0.1, -0.05) is 23.7 Å². The van der Waals surface area contributed by atoms with Gasteiger partial charge in [-0.25, -0.2) is 4.98 Å². The molecular weight excluding hydrogens is 372 g/mol. The number of halogens is 1. The average Bonchev–Trinajstić information content (AvgIpc) is 3.10. The van der Waals surface area contributed by atoms with Gasteiger partial charge < -0.3 is 9.47 Å². The van der Waals surface area contributed by atoms with Crippen LogP contribution in [0.4, 0.5) is 0 Å². The highest BCUT2D eigenvalue weighted by Crippen LogP contribution is 2.31. The minimum Gasteiger partial charge on any atom is -0.342 e. The minimum absolute atomic E-state index is 0.117. The lowest BCUT2D eigenvalue weighted by Gasteiger charge is -2.33. The Labute approximate surface area is 170 Å². The third-order valence-corrected chi connectivity index (χ3v) is 5.62. The summed E-state index contributed by atoms with van der Waals surface area (Å²) >= 11 is 5.89. The molecule has 28 heavy (non-hydrogen) atoms. The minimum atomic E-state index is 0.117. The van der Waals surface area contributed by atoms with Gasteiger partial charge in [-0.15, -0.1) is 0 Å². The quantitative estimate of drug-likeness (QED) is 0.646. The molecule has 6 heteroatoms. The van der Waals surface area contributed by atoms with Gasteiger partial charge in [0.15, 0.2) is 0 Å². The van der Waals surface area contributed by atoms with Crippen LogP contribution in [0.5, 0.6) is 0 Å². The van der Waals surface area contributed by atoms with E-state index in [2.05, 4.69) is 41.6 Å². The zero-order valence-electron chi connectivity index (χ0n) is 16.3. The maximum atomic E-state index is 12.8. The molecule has 3 heterocycles. The van der Waals surface area contributed by atoms with Gasteiger partial charge in [0.1, 0.15) is 5.82 Å². The van der Waals surface area contributed by atoms with E-state index in [0.29, 0.717) is 24.0 Å². The molecule has 0 spiro atoms. The molecule has 1 unspecified atom stereocenters. The Balaban J connectivity index is 1.55. The highest BCUT2D eigenvalue weighted by atomic mass is 35.5. The third kappa shape index (κ3) is 3.76. The largest absolute Gasteiger partial charge is 0.342 e. The standard InChI is InChI=1S/C22H25ClN4O/c1-15(2)27-20-8-4-3-7-19(20)25-22(27)16-6-5-11-26(14-16)21(28)12-18-10-9-17(23)13-24-18/h3-4,7-10,13,15-16H,5-6,11-12,14H2,1-2H3. The van der Waals surface area contributed by atoms with Crippen LogP contribution in [0.1, 0.15) is 50.2 Å². The number of aromatic nitrogens is 3. The Morgan fingerprint density at radius 2 is 2.07 bits per heavy atom. The summed E-state index contributed by atoms with van der Waals surface area (Å²) in [6, 6.07) is 12.2. The molecule has 0 N–H and O–H groups in total. The van der Waals surface area contributed by atoms with E-state index in [1.165, 1.54) is 5.52 Å². The van der Waals surface area contributed by atoms with Gasteiger partial charge in [-0.3, -0.25) is 9.78 Å². The fraction of sp³-hybridized carbons (Fsp3) is 0.409. The summed E-state index contributed by atoms with van der Waals surface area (Å²) in [4.78, 5) is 24.0. The van der Waals surface area contributed by atoms with E-state index in [0.717, 1.165) is 36.4 Å². The molecule has 146 valence electrons. The van der Waals surface area contributed by atoms with E-state index in [1.54, 1.807) is 12.3 Å². The van der Waals surface area contributed by atoms with Crippen molar-refractivity contribution in [2.24, 2.45) is 0 Å². The van der Waals surface area contributed by atoms with Gasteiger partial charge in [-0.2, -0.15) is 0 Å². The fourth-order valence-electron chi connectivity index (χ4n) is 4.09. The van der Waals surface area contributed by atoms with Crippen LogP contribution in [0.2, 0.25) is 5.02 Å². The number of piperidine rings is 1. The molecule has 1 fully saturated rings. The van der Waals surface area contributed by atoms with Crippen molar-refractivity contribution >= 4 is 28.5 Å². The van der Waals surface area contributed by atoms with Crippen molar-refractivity contribution in [3.8, 4) is 0 Å². The number of nitrogens with zero attached hydrogens (tertiary/aromatic N) is 4. The summed E-state index contributed by atoms with van der Waals surface area (Å²) in [6.45, 7) is 5.89. The van der Waals surface area contributed by atoms with Gasteiger partial charge in [0, 0.05) is 36.9 Å². The van der Waals surface area contributed by atoms with Crippen molar-refractivity contribution in [3.05, 3.63) is 59.1 Å². The monoisotopic (exact) mass is 396 g/mol. The number of rotatable bonds is 4. The van der Waals surface area contributed by atoms with Gasteiger partial charge in [0.2, 0.25) is 5.91 Å². The number of carbonyl (C=O) groups excluding carboxylic acids is 1. The fourth-order valence-corrected chi connectivity index (χ4v) is 4.20. The first-order valence-corrected chi connectivity index (χ1v) is 10.3. The molecule has 4 rings (SSSR count). The predicted octanol–water partition coefficient (Wildman–Crippen LogP) is 4.61. The normalized spacial score (nSPS) is 17.4. The smallest absolute Gasteiger partial charge is 0.228 e. The lowest BCUT2D eigenvalue weighted by molar-refractivity contribution is -0.131. The Bertz CT molecular complexity index is 980. The Morgan fingerprint density at radius 1 is 1.25 bits per heavy atom. The number of pyridine rings is 1. The Kier molecular flexibility index (Phi) is 5.36. The van der Waals surface area contributed by atoms with Crippen LogP contribution in [-0.4, -0.2) is 38.4 Å². The number of carbonyl (C=O) groups is 1. The first-order valence-electron chi connectivity index (χ1n) is 9.88. The highest BCUT2D eigenvalue weighted by Gasteiger charge is 2.29. The van der Waals surface area contributed by atoms with Crippen molar-refractivity contribution in [2.45, 2.75) is 45.1 Å². The van der Waals surface area contributed by atoms with Crippen LogP contribution < -0.4 is 0 Å². The number of para-hydroxylation sites is 2. The average molecular weight is 397 g/mol. The number of amides is 1. The molecule has 1 aliphatic rings. The predicted molar refractivity (Wildman–Crippen MR) is 112 cm³/mol. The molecule has 0 radical (unpaired) electrons. The molecule has 0 aliphatic carbocycles. The van der Waals surface area contributed by atoms with Gasteiger partial charge in [-0.05, 0) is 51.0 Å². The second kappa shape index (κ2) is 7.92. The molecule has 1 aliphatic heterocycles. The summed E-state index contributed by atoms with van der Waals surface area (Å²) in [5.74, 6) is 1.47. The molecule has 3 aromatic rings. The number of imidazole rings is 1. The number of fused-ring (bicyclic) bond motifs is 1. The molecule has 1 amide bonds. The Morgan fingerprint density at radius 3 is 2.82 bits per heavy atom. The van der Waals surface area contributed by atoms with Crippen LogP contribution in [0, 0.1) is 0 Å². The second-order valence-corrected chi connectivity index (χ2v) is 8.18. The zero-order valence-corrected chi connectivity index (χ0v) is 17.1. The SMILES string of the molecule is CC(C)n1c(C2CCCN(C(=O)Cc3ccc(Cl)cn3)C2)nc2ccccc21. The maximum absolute atomic E-state index is 12.8. The van der Waals surface area contributed by atoms with Crippen molar-refractivity contribution in [1.29, 1.82) is 0 Å². The van der Waals surface area contributed by atoms with E-state index >= 15 is 0 Å². The lowest BCUT2D eigenvalue weighted by Crippen LogP contribution is -2.40. The third-order valence-electron chi connectivity index (χ3n) is 5.40. The number of benzene rings is 1. The summed E-state index contributed by atoms with van der Waals surface area (Å²) < 4.78 is 2.33. The topological polar surface area (TPSA) is 51.0 Å². The molecule has 1 atom stereocenters. The number of hydrogen-bond acceptors (Lipinski definition) is 3. The van der Waals surface area contributed by atoms with E-state index in [4.69, 9.17) is 16.6 Å². The summed E-state index contributed by atoms with van der Waals surface area (Å²) in [7, 11) is 0. The first kappa shape index (κ1) is 18.9. The van der Waals surface area contributed by atoms with Crippen LogP contribution in [0.15, 0.2) is 42.6 Å².